The highest BCUT2D eigenvalue weighted by Gasteiger charge is 2.22. The van der Waals surface area contributed by atoms with E-state index >= 15 is 0 Å². The SMILES string of the molecule is CCC1CCCN1CCCOc1c(F)cc(C2=NNC(=O)CC2)cc1F. The fourth-order valence-electron chi connectivity index (χ4n) is 3.64. The van der Waals surface area contributed by atoms with Gasteiger partial charge in [-0.25, -0.2) is 14.2 Å². The minimum Gasteiger partial charge on any atom is -0.488 e. The van der Waals surface area contributed by atoms with Gasteiger partial charge in [0.2, 0.25) is 5.91 Å². The molecule has 0 spiro atoms. The second-order valence-electron chi connectivity index (χ2n) is 6.80. The highest BCUT2D eigenvalue weighted by molar-refractivity contribution is 6.04. The van der Waals surface area contributed by atoms with Gasteiger partial charge in [0.1, 0.15) is 0 Å². The van der Waals surface area contributed by atoms with Gasteiger partial charge in [0.15, 0.2) is 17.4 Å². The van der Waals surface area contributed by atoms with E-state index < -0.39 is 11.6 Å². The quantitative estimate of drug-likeness (QED) is 0.755. The molecule has 1 aromatic carbocycles. The van der Waals surface area contributed by atoms with Crippen LogP contribution < -0.4 is 10.2 Å². The molecule has 1 N–H and O–H groups in total. The summed E-state index contributed by atoms with van der Waals surface area (Å²) in [5.41, 5.74) is 3.12. The third-order valence-electron chi connectivity index (χ3n) is 5.04. The number of ether oxygens (including phenoxy) is 1. The molecule has 7 heteroatoms. The molecule has 142 valence electrons. The average molecular weight is 365 g/mol. The van der Waals surface area contributed by atoms with Gasteiger partial charge in [0.25, 0.3) is 0 Å². The molecule has 1 amide bonds. The van der Waals surface area contributed by atoms with Crippen LogP contribution in [0.15, 0.2) is 17.2 Å². The van der Waals surface area contributed by atoms with Gasteiger partial charge >= 0.3 is 0 Å². The molecule has 1 saturated heterocycles. The van der Waals surface area contributed by atoms with Crippen molar-refractivity contribution in [3.63, 3.8) is 0 Å². The summed E-state index contributed by atoms with van der Waals surface area (Å²) in [5.74, 6) is -2.03. The molecule has 1 fully saturated rings. The molecule has 1 atom stereocenters. The number of nitrogens with one attached hydrogen (secondary N) is 1. The van der Waals surface area contributed by atoms with Crippen LogP contribution in [0.1, 0.15) is 51.0 Å². The molecule has 1 unspecified atom stereocenters. The number of nitrogens with zero attached hydrogens (tertiary/aromatic N) is 2. The molecule has 3 rings (SSSR count). The molecule has 0 saturated carbocycles. The van der Waals surface area contributed by atoms with Gasteiger partial charge in [0.05, 0.1) is 12.3 Å². The lowest BCUT2D eigenvalue weighted by atomic mass is 10.0. The van der Waals surface area contributed by atoms with Crippen molar-refractivity contribution in [1.29, 1.82) is 0 Å². The number of hydrogen-bond acceptors (Lipinski definition) is 4. The molecule has 0 bridgehead atoms. The Hall–Kier alpha value is -2.02. The largest absolute Gasteiger partial charge is 0.488 e. The summed E-state index contributed by atoms with van der Waals surface area (Å²) >= 11 is 0. The number of carbonyl (C=O) groups excluding carboxylic acids is 1. The first kappa shape index (κ1) is 18.8. The molecular weight excluding hydrogens is 340 g/mol. The van der Waals surface area contributed by atoms with Crippen molar-refractivity contribution in [2.75, 3.05) is 19.7 Å². The first-order valence-electron chi connectivity index (χ1n) is 9.30. The van der Waals surface area contributed by atoms with Crippen LogP contribution in [-0.4, -0.2) is 42.3 Å². The third kappa shape index (κ3) is 4.38. The lowest BCUT2D eigenvalue weighted by Crippen LogP contribution is -2.30. The minimum absolute atomic E-state index is 0.196. The van der Waals surface area contributed by atoms with Crippen LogP contribution in [-0.2, 0) is 4.79 Å². The maximum atomic E-state index is 14.3. The number of halogens is 2. The Labute approximate surface area is 152 Å². The standard InChI is InChI=1S/C19H25F2N3O2/c1-2-14-5-3-8-24(14)9-4-10-26-19-15(20)11-13(12-16(19)21)17-6-7-18(25)23-22-17/h11-12,14H,2-10H2,1H3,(H,23,25). The Kier molecular flexibility index (Phi) is 6.19. The van der Waals surface area contributed by atoms with Crippen molar-refractivity contribution in [1.82, 2.24) is 10.3 Å². The zero-order chi connectivity index (χ0) is 18.5. The van der Waals surface area contributed by atoms with Gasteiger partial charge in [-0.05, 0) is 44.4 Å². The number of hydrogen-bond donors (Lipinski definition) is 1. The lowest BCUT2D eigenvalue weighted by Gasteiger charge is -2.23. The second kappa shape index (κ2) is 8.58. The minimum atomic E-state index is -0.743. The summed E-state index contributed by atoms with van der Waals surface area (Å²) in [6, 6.07) is 3.05. The maximum absolute atomic E-state index is 14.3. The number of hydrazone groups is 1. The fourth-order valence-corrected chi connectivity index (χ4v) is 3.64. The summed E-state index contributed by atoms with van der Waals surface area (Å²) in [4.78, 5) is 13.5. The van der Waals surface area contributed by atoms with E-state index in [4.69, 9.17) is 4.74 Å². The Morgan fingerprint density at radius 2 is 2.08 bits per heavy atom. The second-order valence-corrected chi connectivity index (χ2v) is 6.80. The molecule has 0 aliphatic carbocycles. The van der Waals surface area contributed by atoms with Gasteiger partial charge < -0.3 is 9.64 Å². The number of carbonyl (C=O) groups is 1. The van der Waals surface area contributed by atoms with Crippen LogP contribution in [0.3, 0.4) is 0 Å². The number of rotatable bonds is 7. The van der Waals surface area contributed by atoms with Crippen molar-refractivity contribution in [3.05, 3.63) is 29.3 Å². The van der Waals surface area contributed by atoms with Gasteiger partial charge in [-0.1, -0.05) is 6.92 Å². The number of benzene rings is 1. The van der Waals surface area contributed by atoms with Crippen LogP contribution in [0.25, 0.3) is 0 Å². The van der Waals surface area contributed by atoms with Gasteiger partial charge in [-0.2, -0.15) is 5.10 Å². The number of likely N-dealkylation sites (tertiary alicyclic amines) is 1. The summed E-state index contributed by atoms with van der Waals surface area (Å²) in [6.07, 6.45) is 4.93. The Morgan fingerprint density at radius 3 is 2.73 bits per heavy atom. The van der Waals surface area contributed by atoms with E-state index in [9.17, 15) is 13.6 Å². The monoisotopic (exact) mass is 365 g/mol. The van der Waals surface area contributed by atoms with E-state index in [2.05, 4.69) is 22.4 Å². The van der Waals surface area contributed by atoms with E-state index in [-0.39, 0.29) is 24.7 Å². The molecule has 2 aliphatic heterocycles. The van der Waals surface area contributed by atoms with E-state index in [0.29, 0.717) is 23.7 Å². The fraction of sp³-hybridized carbons (Fsp3) is 0.579. The van der Waals surface area contributed by atoms with Gasteiger partial charge in [-0.3, -0.25) is 4.79 Å². The van der Waals surface area contributed by atoms with Crippen molar-refractivity contribution in [2.45, 2.75) is 51.5 Å². The maximum Gasteiger partial charge on any atom is 0.240 e. The highest BCUT2D eigenvalue weighted by atomic mass is 19.1. The highest BCUT2D eigenvalue weighted by Crippen LogP contribution is 2.25. The van der Waals surface area contributed by atoms with Crippen LogP contribution in [0.5, 0.6) is 5.75 Å². The summed E-state index contributed by atoms with van der Waals surface area (Å²) < 4.78 is 33.9. The molecular formula is C19H25F2N3O2. The third-order valence-corrected chi connectivity index (χ3v) is 5.04. The Balaban J connectivity index is 1.56. The smallest absolute Gasteiger partial charge is 0.240 e. The van der Waals surface area contributed by atoms with Crippen LogP contribution in [0.2, 0.25) is 0 Å². The van der Waals surface area contributed by atoms with E-state index in [1.54, 1.807) is 0 Å². The Bertz CT molecular complexity index is 670. The predicted octanol–water partition coefficient (Wildman–Crippen LogP) is 3.22. The van der Waals surface area contributed by atoms with Crippen molar-refractivity contribution in [2.24, 2.45) is 5.10 Å². The average Bonchev–Trinajstić information content (AvgIpc) is 3.08. The topological polar surface area (TPSA) is 53.9 Å². The molecule has 2 heterocycles. The first-order chi connectivity index (χ1) is 12.6. The zero-order valence-corrected chi connectivity index (χ0v) is 15.1. The molecule has 5 nitrogen and oxygen atoms in total. The molecule has 2 aliphatic rings. The van der Waals surface area contributed by atoms with Crippen LogP contribution in [0, 0.1) is 11.6 Å². The molecule has 0 aromatic heterocycles. The summed E-state index contributed by atoms with van der Waals surface area (Å²) in [5, 5.41) is 3.86. The predicted molar refractivity (Wildman–Crippen MR) is 95.3 cm³/mol. The number of amides is 1. The van der Waals surface area contributed by atoms with E-state index in [1.165, 1.54) is 25.0 Å². The van der Waals surface area contributed by atoms with Crippen molar-refractivity contribution >= 4 is 11.6 Å². The van der Waals surface area contributed by atoms with E-state index in [0.717, 1.165) is 25.9 Å². The van der Waals surface area contributed by atoms with E-state index in [1.807, 2.05) is 0 Å². The lowest BCUT2D eigenvalue weighted by molar-refractivity contribution is -0.121. The Morgan fingerprint density at radius 1 is 1.31 bits per heavy atom. The van der Waals surface area contributed by atoms with Crippen LogP contribution in [0.4, 0.5) is 8.78 Å². The van der Waals surface area contributed by atoms with Crippen LogP contribution >= 0.6 is 0 Å². The molecule has 0 radical (unpaired) electrons. The van der Waals surface area contributed by atoms with Crippen molar-refractivity contribution < 1.29 is 18.3 Å². The van der Waals surface area contributed by atoms with Crippen molar-refractivity contribution in [3.8, 4) is 5.75 Å². The zero-order valence-electron chi connectivity index (χ0n) is 15.1. The summed E-state index contributed by atoms with van der Waals surface area (Å²) in [7, 11) is 0. The summed E-state index contributed by atoms with van der Waals surface area (Å²) in [6.45, 7) is 4.44. The first-order valence-corrected chi connectivity index (χ1v) is 9.30. The van der Waals surface area contributed by atoms with Gasteiger partial charge in [0, 0.05) is 31.0 Å². The normalized spacial score (nSPS) is 20.8. The van der Waals surface area contributed by atoms with Gasteiger partial charge in [-0.15, -0.1) is 0 Å². The molecule has 1 aromatic rings. The molecule has 26 heavy (non-hydrogen) atoms.